The van der Waals surface area contributed by atoms with Crippen LogP contribution in [0.2, 0.25) is 10.0 Å². The Morgan fingerprint density at radius 2 is 1.31 bits per heavy atom. The largest absolute Gasteiger partial charge is 0.179 e. The van der Waals surface area contributed by atoms with Crippen LogP contribution in [-0.4, -0.2) is 4.21 Å². The summed E-state index contributed by atoms with van der Waals surface area (Å²) >= 11 is 12.3. The maximum atomic E-state index is 5.51. The standard InChI is InChI=1S/C13H9.2C6H4Cl.C5H5.CH2.2ClH.Zr/c1-3-7-12-10(5-1)9-11-6-2-4-8-13(11)12;2*7-6-4-2-1-3-5-6;1-2-4-5-3-1;;;;/h1-5,7-8H,9H2;2*1-2,4-5H;1-3H,4H2;1H2;2*1H;/q4*-1;;;;. The number of benzene rings is 4. The number of halogens is 4. The van der Waals surface area contributed by atoms with E-state index in [1.807, 2.05) is 54.6 Å². The zero-order valence-electron chi connectivity index (χ0n) is 19.6. The Labute approximate surface area is 253 Å². The van der Waals surface area contributed by atoms with Crippen LogP contribution in [-0.2, 0) is 30.7 Å². The van der Waals surface area contributed by atoms with Gasteiger partial charge < -0.3 is 0 Å². The molecule has 2 aliphatic carbocycles. The smallest absolute Gasteiger partial charge is 0.0253 e. The second-order valence-electron chi connectivity index (χ2n) is 6.84. The molecule has 0 radical (unpaired) electrons. The molecule has 2 aliphatic rings. The number of rotatable bonds is 0. The zero-order valence-corrected chi connectivity index (χ0v) is 25.2. The van der Waals surface area contributed by atoms with E-state index in [0.29, 0.717) is 0 Å². The average Bonchev–Trinajstić information content (AvgIpc) is 3.59. The predicted molar refractivity (Wildman–Crippen MR) is 157 cm³/mol. The number of fused-ring (bicyclic) bond motifs is 3. The topological polar surface area (TPSA) is 0 Å². The van der Waals surface area contributed by atoms with Crippen LogP contribution in [0.1, 0.15) is 17.5 Å². The summed E-state index contributed by atoms with van der Waals surface area (Å²) in [6, 6.07) is 38.2. The van der Waals surface area contributed by atoms with Crippen LogP contribution in [0.25, 0.3) is 11.1 Å². The minimum atomic E-state index is 0. The minimum absolute atomic E-state index is 0. The van der Waals surface area contributed by atoms with Crippen molar-refractivity contribution >= 4 is 52.2 Å². The summed E-state index contributed by atoms with van der Waals surface area (Å²) in [6.45, 7) is 0. The number of allylic oxidation sites excluding steroid dienone is 4. The second kappa shape index (κ2) is 21.4. The fraction of sp³-hybridized carbons (Fsp3) is 0.0645. The van der Waals surface area contributed by atoms with Crippen molar-refractivity contribution in [3.8, 4) is 11.1 Å². The molecule has 0 saturated carbocycles. The van der Waals surface area contributed by atoms with E-state index in [1.54, 1.807) is 12.1 Å². The fourth-order valence-electron chi connectivity index (χ4n) is 3.08. The maximum Gasteiger partial charge on any atom is -0.0253 e. The predicted octanol–water partition coefficient (Wildman–Crippen LogP) is 9.45. The van der Waals surface area contributed by atoms with E-state index >= 15 is 0 Å². The van der Waals surface area contributed by atoms with Crippen molar-refractivity contribution < 1.29 is 24.2 Å². The monoisotopic (exact) mass is 628 g/mol. The summed E-state index contributed by atoms with van der Waals surface area (Å²) in [7, 11) is 0. The molecule has 0 heterocycles. The molecule has 0 unspecified atom stereocenters. The Hall–Kier alpha value is -1.73. The summed E-state index contributed by atoms with van der Waals surface area (Å²) in [5, 5.41) is 1.48. The summed E-state index contributed by atoms with van der Waals surface area (Å²) in [6.07, 6.45) is 11.0. The molecule has 0 aromatic heterocycles. The first-order chi connectivity index (χ1) is 16.7. The minimum Gasteiger partial charge on any atom is -0.179 e. The Kier molecular flexibility index (Phi) is 20.3. The van der Waals surface area contributed by atoms with Gasteiger partial charge in [-0.3, -0.25) is 6.08 Å². The molecule has 6 rings (SSSR count). The van der Waals surface area contributed by atoms with Gasteiger partial charge in [0.2, 0.25) is 0 Å². The van der Waals surface area contributed by atoms with Gasteiger partial charge in [-0.2, -0.15) is 120 Å². The van der Waals surface area contributed by atoms with Gasteiger partial charge in [-0.15, -0.1) is 36.8 Å². The van der Waals surface area contributed by atoms with Crippen molar-refractivity contribution in [1.29, 1.82) is 0 Å². The van der Waals surface area contributed by atoms with E-state index in [-0.39, 0.29) is 24.8 Å². The molecule has 0 amide bonds. The third-order valence-corrected chi connectivity index (χ3v) is 5.01. The van der Waals surface area contributed by atoms with Crippen molar-refractivity contribution in [3.63, 3.8) is 0 Å². The third kappa shape index (κ3) is 13.0. The molecule has 0 aliphatic heterocycles. The quantitative estimate of drug-likeness (QED) is 0.150. The van der Waals surface area contributed by atoms with Crippen molar-refractivity contribution in [2.45, 2.75) is 12.8 Å². The van der Waals surface area contributed by atoms with Gasteiger partial charge in [-0.05, 0) is 6.42 Å². The van der Waals surface area contributed by atoms with E-state index in [4.69, 9.17) is 23.2 Å². The number of hydrogen-bond donors (Lipinski definition) is 0. The molecule has 4 aromatic carbocycles. The third-order valence-electron chi connectivity index (χ3n) is 4.54. The molecule has 0 atom stereocenters. The first kappa shape index (κ1) is 34.3. The first-order valence-corrected chi connectivity index (χ1v) is 13.1. The van der Waals surface area contributed by atoms with Crippen LogP contribution in [0.4, 0.5) is 0 Å². The average molecular weight is 632 g/mol. The van der Waals surface area contributed by atoms with Crippen LogP contribution in [0, 0.1) is 24.3 Å². The van der Waals surface area contributed by atoms with Crippen molar-refractivity contribution in [2.75, 3.05) is 0 Å². The van der Waals surface area contributed by atoms with E-state index < -0.39 is 0 Å². The Morgan fingerprint density at radius 1 is 0.722 bits per heavy atom. The molecule has 0 nitrogen and oxygen atoms in total. The van der Waals surface area contributed by atoms with E-state index in [0.717, 1.165) is 22.9 Å². The molecule has 0 bridgehead atoms. The van der Waals surface area contributed by atoms with Gasteiger partial charge in [0.15, 0.2) is 0 Å². The molecule has 0 spiro atoms. The molecule has 5 heteroatoms. The van der Waals surface area contributed by atoms with Gasteiger partial charge >= 0.3 is 28.4 Å². The normalized spacial score (nSPS) is 10.4. The van der Waals surface area contributed by atoms with Gasteiger partial charge in [0, 0.05) is 0 Å². The van der Waals surface area contributed by atoms with Gasteiger partial charge in [0.25, 0.3) is 0 Å². The van der Waals surface area contributed by atoms with Crippen LogP contribution in [0.15, 0.2) is 109 Å². The van der Waals surface area contributed by atoms with Gasteiger partial charge in [0.05, 0.1) is 0 Å². The summed E-state index contributed by atoms with van der Waals surface area (Å²) in [5.74, 6) is 0. The molecule has 36 heavy (non-hydrogen) atoms. The first-order valence-electron chi connectivity index (χ1n) is 10.6. The van der Waals surface area contributed by atoms with Gasteiger partial charge in [-0.25, -0.2) is 12.2 Å². The van der Waals surface area contributed by atoms with E-state index in [2.05, 4.69) is 71.0 Å². The molecule has 0 N–H and O–H groups in total. The van der Waals surface area contributed by atoms with Crippen molar-refractivity contribution in [3.05, 3.63) is 155 Å². The van der Waals surface area contributed by atoms with E-state index in [1.165, 1.54) is 46.5 Å². The SMILES string of the molecule is Cl.Cl.Clc1c[c-]ccc1.Clc1c[c-]ccc1.[C-]1=CC=CC1.[CH2]=[Zr].[c-]1cccc2c1Cc1ccccc1-2. The van der Waals surface area contributed by atoms with Crippen LogP contribution >= 0.6 is 48.0 Å². The fourth-order valence-corrected chi connectivity index (χ4v) is 3.35. The van der Waals surface area contributed by atoms with Gasteiger partial charge in [0.1, 0.15) is 0 Å². The maximum absolute atomic E-state index is 5.51. The van der Waals surface area contributed by atoms with Crippen LogP contribution in [0.5, 0.6) is 0 Å². The molecule has 186 valence electrons. The second-order valence-corrected chi connectivity index (χ2v) is 7.72. The Balaban J connectivity index is 0.000000464. The van der Waals surface area contributed by atoms with Crippen molar-refractivity contribution in [1.82, 2.24) is 0 Å². The van der Waals surface area contributed by atoms with Crippen LogP contribution in [0.3, 0.4) is 0 Å². The van der Waals surface area contributed by atoms with Crippen LogP contribution < -0.4 is 0 Å². The van der Waals surface area contributed by atoms with Crippen molar-refractivity contribution in [2.24, 2.45) is 0 Å². The summed E-state index contributed by atoms with van der Waals surface area (Å²) in [4.78, 5) is 0. The van der Waals surface area contributed by atoms with E-state index in [9.17, 15) is 0 Å². The molecule has 4 aromatic rings. The molecule has 0 fully saturated rings. The molecule has 0 saturated heterocycles. The van der Waals surface area contributed by atoms with Gasteiger partial charge in [-0.1, -0.05) is 45.4 Å². The summed E-state index contributed by atoms with van der Waals surface area (Å²) < 4.78 is 3.34. The Bertz CT molecular complexity index is 1070. The molecular weight excluding hydrogens is 605 g/mol. The molecular formula is C31H26Cl4Zr-4. The Morgan fingerprint density at radius 3 is 1.75 bits per heavy atom. The summed E-state index contributed by atoms with van der Waals surface area (Å²) in [5.41, 5.74) is 5.51. The zero-order chi connectivity index (χ0) is 24.4. The number of hydrogen-bond acceptors (Lipinski definition) is 0.